The minimum absolute atomic E-state index is 0.684. The Kier molecular flexibility index (Phi) is 4.30. The van der Waals surface area contributed by atoms with Crippen LogP contribution < -0.4 is 0 Å². The van der Waals surface area contributed by atoms with Crippen molar-refractivity contribution in [2.75, 3.05) is 0 Å². The van der Waals surface area contributed by atoms with Gasteiger partial charge in [-0.25, -0.2) is 0 Å². The molecule has 1 heterocycles. The highest BCUT2D eigenvalue weighted by Gasteiger charge is 2.23. The minimum Gasteiger partial charge on any atom is -0.167 e. The molecule has 1 aromatic heterocycles. The number of aromatic nitrogens is 4. The first kappa shape index (κ1) is 18.4. The third-order valence-corrected chi connectivity index (χ3v) is 6.26. The Hall–Kier alpha value is -3.01. The lowest BCUT2D eigenvalue weighted by Gasteiger charge is -2.22. The molecule has 0 aliphatic carbocycles. The second-order valence-corrected chi connectivity index (χ2v) is 7.76. The molecule has 4 rings (SSSR count). The standard InChI is InChI=1S/C24H26N4/c1-13-12-21(20-11-9-8-10-19(20)14(13)2)22-17(5)15(3)16(4)18(6)23(22)24-25-27-28(7)26-24/h8-12H,1-7H3. The summed E-state index contributed by atoms with van der Waals surface area (Å²) in [5.74, 6) is 0.684. The Morgan fingerprint density at radius 1 is 0.714 bits per heavy atom. The normalized spacial score (nSPS) is 11.4. The van der Waals surface area contributed by atoms with E-state index in [0.29, 0.717) is 5.82 Å². The highest BCUT2D eigenvalue weighted by molar-refractivity contribution is 6.03. The van der Waals surface area contributed by atoms with E-state index in [-0.39, 0.29) is 0 Å². The van der Waals surface area contributed by atoms with Crippen molar-refractivity contribution >= 4 is 10.8 Å². The van der Waals surface area contributed by atoms with Gasteiger partial charge in [-0.1, -0.05) is 30.3 Å². The van der Waals surface area contributed by atoms with Crippen molar-refractivity contribution in [1.82, 2.24) is 20.2 Å². The van der Waals surface area contributed by atoms with Crippen molar-refractivity contribution in [1.29, 1.82) is 0 Å². The van der Waals surface area contributed by atoms with Gasteiger partial charge in [0.2, 0.25) is 5.82 Å². The fourth-order valence-electron chi connectivity index (χ4n) is 4.18. The van der Waals surface area contributed by atoms with Crippen LogP contribution in [0.4, 0.5) is 0 Å². The van der Waals surface area contributed by atoms with Crippen LogP contribution in [0.15, 0.2) is 30.3 Å². The average Bonchev–Trinajstić information content (AvgIpc) is 3.12. The molecule has 0 saturated heterocycles. The van der Waals surface area contributed by atoms with Gasteiger partial charge in [0.05, 0.1) is 7.05 Å². The molecule has 28 heavy (non-hydrogen) atoms. The van der Waals surface area contributed by atoms with Gasteiger partial charge in [0.15, 0.2) is 0 Å². The van der Waals surface area contributed by atoms with Gasteiger partial charge in [0, 0.05) is 5.56 Å². The molecule has 0 N–H and O–H groups in total. The van der Waals surface area contributed by atoms with Crippen molar-refractivity contribution in [3.8, 4) is 22.5 Å². The molecule has 142 valence electrons. The maximum absolute atomic E-state index is 4.55. The Morgan fingerprint density at radius 3 is 1.93 bits per heavy atom. The van der Waals surface area contributed by atoms with Crippen molar-refractivity contribution in [3.63, 3.8) is 0 Å². The van der Waals surface area contributed by atoms with E-state index in [9.17, 15) is 0 Å². The summed E-state index contributed by atoms with van der Waals surface area (Å²) in [7, 11) is 1.81. The lowest BCUT2D eigenvalue weighted by molar-refractivity contribution is 0.630. The third-order valence-electron chi connectivity index (χ3n) is 6.26. The molecule has 0 spiro atoms. The van der Waals surface area contributed by atoms with Crippen molar-refractivity contribution in [2.24, 2.45) is 7.05 Å². The summed E-state index contributed by atoms with van der Waals surface area (Å²) in [6.45, 7) is 13.2. The van der Waals surface area contributed by atoms with E-state index in [1.165, 1.54) is 60.1 Å². The molecule has 0 atom stereocenters. The van der Waals surface area contributed by atoms with E-state index < -0.39 is 0 Å². The number of nitrogens with zero attached hydrogens (tertiary/aromatic N) is 4. The van der Waals surface area contributed by atoms with E-state index in [2.05, 4.69) is 87.3 Å². The minimum atomic E-state index is 0.684. The van der Waals surface area contributed by atoms with Gasteiger partial charge >= 0.3 is 0 Å². The molecule has 0 aliphatic heterocycles. The van der Waals surface area contributed by atoms with Crippen LogP contribution in [-0.2, 0) is 7.05 Å². The van der Waals surface area contributed by atoms with Crippen LogP contribution >= 0.6 is 0 Å². The topological polar surface area (TPSA) is 43.6 Å². The molecule has 4 nitrogen and oxygen atoms in total. The van der Waals surface area contributed by atoms with E-state index in [1.807, 2.05) is 7.05 Å². The summed E-state index contributed by atoms with van der Waals surface area (Å²) < 4.78 is 0. The predicted octanol–water partition coefficient (Wildman–Crippen LogP) is 5.55. The number of benzene rings is 3. The number of hydrogen-bond acceptors (Lipinski definition) is 3. The van der Waals surface area contributed by atoms with Gasteiger partial charge in [-0.15, -0.1) is 10.2 Å². The molecule has 4 heteroatoms. The average molecular weight is 371 g/mol. The zero-order valence-corrected chi connectivity index (χ0v) is 17.7. The van der Waals surface area contributed by atoms with Gasteiger partial charge < -0.3 is 0 Å². The smallest absolute Gasteiger partial charge is 0.167 e. The number of rotatable bonds is 2. The third kappa shape index (κ3) is 2.63. The maximum atomic E-state index is 4.55. The van der Waals surface area contributed by atoms with Gasteiger partial charge in [0.1, 0.15) is 0 Å². The summed E-state index contributed by atoms with van der Waals surface area (Å²) in [5.41, 5.74) is 11.3. The molecule has 0 unspecified atom stereocenters. The number of fused-ring (bicyclic) bond motifs is 1. The summed E-state index contributed by atoms with van der Waals surface area (Å²) >= 11 is 0. The largest absolute Gasteiger partial charge is 0.205 e. The molecule has 4 aromatic rings. The first-order chi connectivity index (χ1) is 13.3. The SMILES string of the molecule is Cc1cc(-c2c(C)c(C)c(C)c(C)c2-c2nnn(C)n2)c2ccccc2c1C. The molecule has 0 aliphatic rings. The fraction of sp³-hybridized carbons (Fsp3) is 0.292. The van der Waals surface area contributed by atoms with Crippen LogP contribution in [0.5, 0.6) is 0 Å². The van der Waals surface area contributed by atoms with Crippen molar-refractivity contribution < 1.29 is 0 Å². The van der Waals surface area contributed by atoms with Gasteiger partial charge in [-0.2, -0.15) is 4.80 Å². The van der Waals surface area contributed by atoms with Crippen LogP contribution in [0, 0.1) is 41.5 Å². The van der Waals surface area contributed by atoms with Crippen molar-refractivity contribution in [3.05, 3.63) is 63.7 Å². The molecule has 0 fully saturated rings. The lowest BCUT2D eigenvalue weighted by atomic mass is 9.82. The van der Waals surface area contributed by atoms with E-state index >= 15 is 0 Å². The van der Waals surface area contributed by atoms with Crippen molar-refractivity contribution in [2.45, 2.75) is 41.5 Å². The fourth-order valence-corrected chi connectivity index (χ4v) is 4.18. The van der Waals surface area contributed by atoms with E-state index in [4.69, 9.17) is 0 Å². The predicted molar refractivity (Wildman–Crippen MR) is 116 cm³/mol. The summed E-state index contributed by atoms with van der Waals surface area (Å²) in [5, 5.41) is 15.6. The number of hydrogen-bond donors (Lipinski definition) is 0. The summed E-state index contributed by atoms with van der Waals surface area (Å²) in [6.07, 6.45) is 0. The monoisotopic (exact) mass is 370 g/mol. The molecule has 0 amide bonds. The second-order valence-electron chi connectivity index (χ2n) is 7.76. The van der Waals surface area contributed by atoms with Gasteiger partial charge in [-0.05, 0) is 102 Å². The Labute approximate surface area is 166 Å². The lowest BCUT2D eigenvalue weighted by Crippen LogP contribution is -2.02. The van der Waals surface area contributed by atoms with Crippen LogP contribution in [0.1, 0.15) is 33.4 Å². The highest BCUT2D eigenvalue weighted by Crippen LogP contribution is 2.43. The van der Waals surface area contributed by atoms with Crippen LogP contribution in [-0.4, -0.2) is 20.2 Å². The maximum Gasteiger partial charge on any atom is 0.205 e. The Morgan fingerprint density at radius 2 is 1.32 bits per heavy atom. The first-order valence-electron chi connectivity index (χ1n) is 9.65. The molecule has 3 aromatic carbocycles. The van der Waals surface area contributed by atoms with Gasteiger partial charge in [0.25, 0.3) is 0 Å². The van der Waals surface area contributed by atoms with Crippen LogP contribution in [0.2, 0.25) is 0 Å². The van der Waals surface area contributed by atoms with Gasteiger partial charge in [-0.3, -0.25) is 0 Å². The Bertz CT molecular complexity index is 1230. The number of tetrazole rings is 1. The molecular weight excluding hydrogens is 344 g/mol. The first-order valence-corrected chi connectivity index (χ1v) is 9.65. The Balaban J connectivity index is 2.21. The molecule has 0 radical (unpaired) electrons. The second kappa shape index (κ2) is 6.55. The summed E-state index contributed by atoms with van der Waals surface area (Å²) in [6, 6.07) is 11.0. The molecule has 0 bridgehead atoms. The van der Waals surface area contributed by atoms with E-state index in [1.54, 1.807) is 0 Å². The number of aryl methyl sites for hydroxylation is 3. The van der Waals surface area contributed by atoms with Crippen LogP contribution in [0.25, 0.3) is 33.3 Å². The van der Waals surface area contributed by atoms with E-state index in [0.717, 1.165) is 5.56 Å². The van der Waals surface area contributed by atoms with Crippen LogP contribution in [0.3, 0.4) is 0 Å². The zero-order chi connectivity index (χ0) is 20.2. The zero-order valence-electron chi connectivity index (χ0n) is 17.7. The molecule has 0 saturated carbocycles. The quantitative estimate of drug-likeness (QED) is 0.465. The molecular formula is C24H26N4. The highest BCUT2D eigenvalue weighted by atomic mass is 15.6. The summed E-state index contributed by atoms with van der Waals surface area (Å²) in [4.78, 5) is 1.53.